The van der Waals surface area contributed by atoms with Crippen LogP contribution in [0.5, 0.6) is 0 Å². The third kappa shape index (κ3) is 2.22. The molecule has 0 atom stereocenters. The van der Waals surface area contributed by atoms with Crippen molar-refractivity contribution in [1.82, 2.24) is 4.98 Å². The van der Waals surface area contributed by atoms with Crippen LogP contribution in [-0.2, 0) is 0 Å². The highest BCUT2D eigenvalue weighted by Crippen LogP contribution is 2.05. The third-order valence-corrected chi connectivity index (χ3v) is 1.54. The Kier molecular flexibility index (Phi) is 2.90. The molecular weight excluding hydrogens is 136 g/mol. The van der Waals surface area contributed by atoms with E-state index in [1.54, 1.807) is 6.20 Å². The summed E-state index contributed by atoms with van der Waals surface area (Å²) in [7, 11) is 2.04. The molecule has 0 amide bonds. The molecule has 1 rings (SSSR count). The summed E-state index contributed by atoms with van der Waals surface area (Å²) in [5, 5.41) is 0. The van der Waals surface area contributed by atoms with E-state index in [1.165, 1.54) is 0 Å². The molecule has 0 saturated carbocycles. The maximum atomic E-state index is 4.19. The van der Waals surface area contributed by atoms with Crippen LogP contribution in [0.15, 0.2) is 18.3 Å². The second kappa shape index (κ2) is 3.96. The van der Waals surface area contributed by atoms with Gasteiger partial charge in [0.05, 0.1) is 0 Å². The van der Waals surface area contributed by atoms with Crippen molar-refractivity contribution in [3.63, 3.8) is 0 Å². The first-order valence-electron chi connectivity index (χ1n) is 3.88. The molecule has 0 unspecified atom stereocenters. The van der Waals surface area contributed by atoms with E-state index in [1.807, 2.05) is 19.2 Å². The van der Waals surface area contributed by atoms with Crippen LogP contribution in [0, 0.1) is 6.07 Å². The van der Waals surface area contributed by atoms with E-state index in [9.17, 15) is 0 Å². The Hall–Kier alpha value is -1.05. The smallest absolute Gasteiger partial charge is 0.128 e. The van der Waals surface area contributed by atoms with Crippen LogP contribution in [0.25, 0.3) is 0 Å². The van der Waals surface area contributed by atoms with Gasteiger partial charge in [0.1, 0.15) is 5.82 Å². The maximum Gasteiger partial charge on any atom is 0.128 e. The number of nitrogens with zero attached hydrogens (tertiary/aromatic N) is 2. The van der Waals surface area contributed by atoms with Crippen molar-refractivity contribution in [2.45, 2.75) is 13.3 Å². The lowest BCUT2D eigenvalue weighted by Crippen LogP contribution is -2.18. The van der Waals surface area contributed by atoms with E-state index < -0.39 is 0 Å². The van der Waals surface area contributed by atoms with Gasteiger partial charge < -0.3 is 4.90 Å². The number of hydrogen-bond donors (Lipinski definition) is 0. The Morgan fingerprint density at radius 3 is 3.00 bits per heavy atom. The van der Waals surface area contributed by atoms with Gasteiger partial charge in [-0.25, -0.2) is 4.98 Å². The van der Waals surface area contributed by atoms with Crippen molar-refractivity contribution in [1.29, 1.82) is 0 Å². The molecule has 0 aliphatic carbocycles. The highest BCUT2D eigenvalue weighted by atomic mass is 15.1. The molecular formula is C9H13N2. The number of anilines is 1. The Bertz CT molecular complexity index is 196. The van der Waals surface area contributed by atoms with Crippen LogP contribution in [-0.4, -0.2) is 18.6 Å². The van der Waals surface area contributed by atoms with Gasteiger partial charge >= 0.3 is 0 Å². The number of rotatable bonds is 3. The average molecular weight is 149 g/mol. The van der Waals surface area contributed by atoms with E-state index in [0.717, 1.165) is 18.8 Å². The Morgan fingerprint density at radius 1 is 1.64 bits per heavy atom. The number of hydrogen-bond acceptors (Lipinski definition) is 2. The van der Waals surface area contributed by atoms with Crippen molar-refractivity contribution in [3.05, 3.63) is 24.4 Å². The summed E-state index contributed by atoms with van der Waals surface area (Å²) < 4.78 is 0. The monoisotopic (exact) mass is 149 g/mol. The lowest BCUT2D eigenvalue weighted by molar-refractivity contribution is 0.838. The summed E-state index contributed by atoms with van der Waals surface area (Å²) in [6.45, 7) is 3.20. The van der Waals surface area contributed by atoms with Crippen molar-refractivity contribution < 1.29 is 0 Å². The van der Waals surface area contributed by atoms with Gasteiger partial charge in [-0.1, -0.05) is 6.92 Å². The molecule has 2 heteroatoms. The first-order chi connectivity index (χ1) is 5.34. The first kappa shape index (κ1) is 8.05. The minimum Gasteiger partial charge on any atom is -0.360 e. The van der Waals surface area contributed by atoms with Crippen molar-refractivity contribution in [2.24, 2.45) is 0 Å². The fourth-order valence-electron chi connectivity index (χ4n) is 0.975. The summed E-state index contributed by atoms with van der Waals surface area (Å²) in [6.07, 6.45) is 2.91. The molecule has 1 aromatic rings. The highest BCUT2D eigenvalue weighted by Gasteiger charge is 1.97. The molecule has 2 nitrogen and oxygen atoms in total. The summed E-state index contributed by atoms with van der Waals surface area (Å²) >= 11 is 0. The summed E-state index contributed by atoms with van der Waals surface area (Å²) in [6, 6.07) is 6.70. The topological polar surface area (TPSA) is 16.1 Å². The van der Waals surface area contributed by atoms with Gasteiger partial charge in [-0.3, -0.25) is 0 Å². The van der Waals surface area contributed by atoms with Gasteiger partial charge in [0.2, 0.25) is 0 Å². The molecule has 0 N–H and O–H groups in total. The predicted molar refractivity (Wildman–Crippen MR) is 46.6 cm³/mol. The first-order valence-corrected chi connectivity index (χ1v) is 3.88. The number of pyridine rings is 1. The van der Waals surface area contributed by atoms with Crippen LogP contribution in [0.1, 0.15) is 13.3 Å². The standard InChI is InChI=1S/C9H13N2/c1-3-8-11(2)9-6-4-5-7-10-9/h5-7H,3,8H2,1-2H3. The molecule has 0 spiro atoms. The molecule has 1 radical (unpaired) electrons. The highest BCUT2D eigenvalue weighted by molar-refractivity contribution is 5.35. The maximum absolute atomic E-state index is 4.19. The quantitative estimate of drug-likeness (QED) is 0.650. The summed E-state index contributed by atoms with van der Waals surface area (Å²) in [5.41, 5.74) is 0. The van der Waals surface area contributed by atoms with Crippen molar-refractivity contribution in [2.75, 3.05) is 18.5 Å². The molecule has 1 heterocycles. The molecule has 59 valence electrons. The molecule has 0 aromatic carbocycles. The second-order valence-corrected chi connectivity index (χ2v) is 2.54. The SMILES string of the molecule is CCCN(C)c1c[c]ccn1. The Morgan fingerprint density at radius 2 is 2.45 bits per heavy atom. The largest absolute Gasteiger partial charge is 0.360 e. The molecule has 0 saturated heterocycles. The molecule has 0 bridgehead atoms. The van der Waals surface area contributed by atoms with Gasteiger partial charge in [0, 0.05) is 19.8 Å². The van der Waals surface area contributed by atoms with Gasteiger partial charge in [-0.2, -0.15) is 0 Å². The van der Waals surface area contributed by atoms with Gasteiger partial charge in [0.25, 0.3) is 0 Å². The van der Waals surface area contributed by atoms with Gasteiger partial charge in [-0.05, 0) is 24.6 Å². The van der Waals surface area contributed by atoms with Crippen LogP contribution in [0.3, 0.4) is 0 Å². The zero-order valence-electron chi connectivity index (χ0n) is 7.04. The molecule has 11 heavy (non-hydrogen) atoms. The lowest BCUT2D eigenvalue weighted by Gasteiger charge is -2.15. The minimum absolute atomic E-state index is 0.995. The third-order valence-electron chi connectivity index (χ3n) is 1.54. The van der Waals surface area contributed by atoms with E-state index in [2.05, 4.69) is 22.9 Å². The van der Waals surface area contributed by atoms with E-state index in [-0.39, 0.29) is 0 Å². The summed E-state index contributed by atoms with van der Waals surface area (Å²) in [4.78, 5) is 6.31. The van der Waals surface area contributed by atoms with Crippen LogP contribution < -0.4 is 4.90 Å². The second-order valence-electron chi connectivity index (χ2n) is 2.54. The fraction of sp³-hybridized carbons (Fsp3) is 0.444. The molecule has 0 aliphatic rings. The van der Waals surface area contributed by atoms with Crippen LogP contribution in [0.2, 0.25) is 0 Å². The normalized spacial score (nSPS) is 9.64. The van der Waals surface area contributed by atoms with E-state index >= 15 is 0 Å². The zero-order chi connectivity index (χ0) is 8.10. The molecule has 0 fully saturated rings. The minimum atomic E-state index is 0.995. The molecule has 0 aliphatic heterocycles. The predicted octanol–water partition coefficient (Wildman–Crippen LogP) is 1.73. The Labute approximate surface area is 67.9 Å². The van der Waals surface area contributed by atoms with Gasteiger partial charge in [-0.15, -0.1) is 0 Å². The van der Waals surface area contributed by atoms with Crippen molar-refractivity contribution >= 4 is 5.82 Å². The van der Waals surface area contributed by atoms with Gasteiger partial charge in [0.15, 0.2) is 0 Å². The van der Waals surface area contributed by atoms with Crippen molar-refractivity contribution in [3.8, 4) is 0 Å². The lowest BCUT2D eigenvalue weighted by atomic mass is 10.4. The van der Waals surface area contributed by atoms with Crippen LogP contribution in [0.4, 0.5) is 5.82 Å². The van der Waals surface area contributed by atoms with E-state index in [0.29, 0.717) is 0 Å². The Balaban J connectivity index is 2.61. The summed E-state index contributed by atoms with van der Waals surface area (Å²) in [5.74, 6) is 0.995. The van der Waals surface area contributed by atoms with Crippen LogP contribution >= 0.6 is 0 Å². The average Bonchev–Trinajstić information content (AvgIpc) is 2.07. The number of aromatic nitrogens is 1. The zero-order valence-corrected chi connectivity index (χ0v) is 7.04. The van der Waals surface area contributed by atoms with E-state index in [4.69, 9.17) is 0 Å². The fourth-order valence-corrected chi connectivity index (χ4v) is 0.975. The molecule has 1 aromatic heterocycles.